The number of rotatable bonds is 7. The van der Waals surface area contributed by atoms with Crippen LogP contribution in [0.15, 0.2) is 54.6 Å². The molecule has 2 fully saturated rings. The zero-order valence-electron chi connectivity index (χ0n) is 19.7. The van der Waals surface area contributed by atoms with Crippen LogP contribution in [0.1, 0.15) is 62.6 Å². The van der Waals surface area contributed by atoms with E-state index < -0.39 is 0 Å². The Morgan fingerprint density at radius 3 is 2.21 bits per heavy atom. The lowest BCUT2D eigenvalue weighted by atomic mass is 9.93. The average Bonchev–Trinajstić information content (AvgIpc) is 2.84. The van der Waals surface area contributed by atoms with E-state index in [9.17, 15) is 4.79 Å². The van der Waals surface area contributed by atoms with Gasteiger partial charge in [0.05, 0.1) is 0 Å². The molecule has 0 spiro atoms. The van der Waals surface area contributed by atoms with Gasteiger partial charge in [0.2, 0.25) is 0 Å². The van der Waals surface area contributed by atoms with Gasteiger partial charge in [0.1, 0.15) is 5.75 Å². The van der Waals surface area contributed by atoms with Crippen molar-refractivity contribution in [3.8, 4) is 5.75 Å². The van der Waals surface area contributed by atoms with E-state index in [1.807, 2.05) is 25.1 Å². The predicted octanol–water partition coefficient (Wildman–Crippen LogP) is 6.08. The molecule has 1 atom stereocenters. The van der Waals surface area contributed by atoms with Crippen LogP contribution in [0.25, 0.3) is 0 Å². The summed E-state index contributed by atoms with van der Waals surface area (Å²) in [5.74, 6) is 0.529. The number of esters is 1. The van der Waals surface area contributed by atoms with E-state index in [4.69, 9.17) is 4.74 Å². The third-order valence-corrected chi connectivity index (χ3v) is 6.96. The molecule has 182 valence electrons. The summed E-state index contributed by atoms with van der Waals surface area (Å²) in [4.78, 5) is 17.3. The standard InChI is InChI=1S/C27H36N2O2.2ClH/c1-2-27(30)31-26-16-10-9-13-23(26)21-25(22-11-5-3-6-12-22)29-19-17-28(18-20-29)24-14-7-4-8-15-24;;/h3,5-6,9-13,16,24-25H,2,4,7-8,14-15,17-21H2,1H3;2*1H. The fourth-order valence-corrected chi connectivity index (χ4v) is 5.17. The van der Waals surface area contributed by atoms with Crippen LogP contribution in [0.4, 0.5) is 0 Å². The SMILES string of the molecule is CCC(=O)Oc1ccccc1CC(c1ccccc1)N1CCN(C2CCCCC2)CC1.Cl.Cl. The number of piperazine rings is 1. The smallest absolute Gasteiger partial charge is 0.310 e. The number of ether oxygens (including phenoxy) is 1. The van der Waals surface area contributed by atoms with Crippen LogP contribution in [0.2, 0.25) is 0 Å². The minimum absolute atomic E-state index is 0. The van der Waals surface area contributed by atoms with E-state index in [1.54, 1.807) is 0 Å². The van der Waals surface area contributed by atoms with Crippen molar-refractivity contribution in [2.24, 2.45) is 0 Å². The van der Waals surface area contributed by atoms with Gasteiger partial charge in [0, 0.05) is 44.7 Å². The molecule has 6 heteroatoms. The van der Waals surface area contributed by atoms with E-state index in [-0.39, 0.29) is 36.8 Å². The Hall–Kier alpha value is -1.59. The maximum atomic E-state index is 11.9. The van der Waals surface area contributed by atoms with Crippen LogP contribution in [0.5, 0.6) is 5.75 Å². The second-order valence-electron chi connectivity index (χ2n) is 8.93. The minimum atomic E-state index is -0.176. The van der Waals surface area contributed by atoms with E-state index in [0.29, 0.717) is 12.2 Å². The van der Waals surface area contributed by atoms with Gasteiger partial charge in [-0.1, -0.05) is 74.7 Å². The lowest BCUT2D eigenvalue weighted by Crippen LogP contribution is -2.51. The van der Waals surface area contributed by atoms with Crippen LogP contribution in [-0.2, 0) is 11.2 Å². The number of halogens is 2. The number of hydrogen-bond donors (Lipinski definition) is 0. The lowest BCUT2D eigenvalue weighted by molar-refractivity contribution is -0.134. The van der Waals surface area contributed by atoms with Crippen molar-refractivity contribution in [2.45, 2.75) is 64.0 Å². The number of carbonyl (C=O) groups is 1. The van der Waals surface area contributed by atoms with Gasteiger partial charge >= 0.3 is 5.97 Å². The molecule has 1 saturated carbocycles. The van der Waals surface area contributed by atoms with E-state index >= 15 is 0 Å². The zero-order valence-corrected chi connectivity index (χ0v) is 21.3. The molecule has 1 aliphatic carbocycles. The maximum Gasteiger partial charge on any atom is 0.310 e. The molecule has 4 nitrogen and oxygen atoms in total. The Morgan fingerprint density at radius 2 is 1.55 bits per heavy atom. The first-order valence-electron chi connectivity index (χ1n) is 12.1. The molecule has 0 radical (unpaired) electrons. The van der Waals surface area contributed by atoms with Crippen molar-refractivity contribution >= 4 is 30.8 Å². The average molecular weight is 494 g/mol. The summed E-state index contributed by atoms with van der Waals surface area (Å²) in [6.07, 6.45) is 8.18. The van der Waals surface area contributed by atoms with Crippen LogP contribution in [0.3, 0.4) is 0 Å². The predicted molar refractivity (Wildman–Crippen MR) is 140 cm³/mol. The third-order valence-electron chi connectivity index (χ3n) is 6.96. The third kappa shape index (κ3) is 7.45. The molecule has 1 saturated heterocycles. The van der Waals surface area contributed by atoms with Crippen molar-refractivity contribution in [3.05, 3.63) is 65.7 Å². The first-order valence-corrected chi connectivity index (χ1v) is 12.1. The summed E-state index contributed by atoms with van der Waals surface area (Å²) in [6.45, 7) is 6.32. The largest absolute Gasteiger partial charge is 0.426 e. The molecule has 0 bridgehead atoms. The fraction of sp³-hybridized carbons (Fsp3) is 0.519. The molecule has 33 heavy (non-hydrogen) atoms. The van der Waals surface area contributed by atoms with Crippen molar-refractivity contribution in [1.29, 1.82) is 0 Å². The number of nitrogens with zero attached hydrogens (tertiary/aromatic N) is 2. The van der Waals surface area contributed by atoms with Gasteiger partial charge in [-0.15, -0.1) is 24.8 Å². The number of carbonyl (C=O) groups excluding carboxylic acids is 1. The monoisotopic (exact) mass is 492 g/mol. The summed E-state index contributed by atoms with van der Waals surface area (Å²) >= 11 is 0. The highest BCUT2D eigenvalue weighted by atomic mass is 35.5. The minimum Gasteiger partial charge on any atom is -0.426 e. The van der Waals surface area contributed by atoms with Crippen LogP contribution >= 0.6 is 24.8 Å². The molecule has 2 aromatic rings. The summed E-state index contributed by atoms with van der Waals surface area (Å²) in [5, 5.41) is 0. The van der Waals surface area contributed by atoms with Gasteiger partial charge in [-0.2, -0.15) is 0 Å². The van der Waals surface area contributed by atoms with Crippen molar-refractivity contribution in [1.82, 2.24) is 9.80 Å². The highest BCUT2D eigenvalue weighted by molar-refractivity contribution is 5.85. The fourth-order valence-electron chi connectivity index (χ4n) is 5.17. The lowest BCUT2D eigenvalue weighted by Gasteiger charge is -2.43. The molecule has 1 unspecified atom stereocenters. The van der Waals surface area contributed by atoms with E-state index in [1.165, 1.54) is 37.7 Å². The molecule has 1 aliphatic heterocycles. The molecular weight excluding hydrogens is 455 g/mol. The van der Waals surface area contributed by atoms with Gasteiger partial charge in [-0.3, -0.25) is 14.6 Å². The molecular formula is C27H38Cl2N2O2. The van der Waals surface area contributed by atoms with Gasteiger partial charge < -0.3 is 4.74 Å². The Bertz CT molecular complexity index is 835. The van der Waals surface area contributed by atoms with Crippen molar-refractivity contribution in [3.63, 3.8) is 0 Å². The Morgan fingerprint density at radius 1 is 0.909 bits per heavy atom. The highest BCUT2D eigenvalue weighted by Crippen LogP contribution is 2.31. The van der Waals surface area contributed by atoms with Crippen molar-refractivity contribution < 1.29 is 9.53 Å². The number of benzene rings is 2. The van der Waals surface area contributed by atoms with Crippen LogP contribution in [-0.4, -0.2) is 48.0 Å². The van der Waals surface area contributed by atoms with Crippen molar-refractivity contribution in [2.75, 3.05) is 26.2 Å². The highest BCUT2D eigenvalue weighted by Gasteiger charge is 2.29. The van der Waals surface area contributed by atoms with Gasteiger partial charge in [-0.25, -0.2) is 0 Å². The molecule has 2 aromatic carbocycles. The quantitative estimate of drug-likeness (QED) is 0.346. The second kappa shape index (κ2) is 14.0. The molecule has 0 amide bonds. The first kappa shape index (κ1) is 27.7. The van der Waals surface area contributed by atoms with E-state index in [0.717, 1.165) is 44.2 Å². The van der Waals surface area contributed by atoms with Crippen LogP contribution in [0, 0.1) is 0 Å². The second-order valence-corrected chi connectivity index (χ2v) is 8.93. The number of para-hydroxylation sites is 1. The van der Waals surface area contributed by atoms with Gasteiger partial charge in [-0.05, 0) is 36.5 Å². The maximum absolute atomic E-state index is 11.9. The summed E-state index contributed by atoms with van der Waals surface area (Å²) in [7, 11) is 0. The Kier molecular flexibility index (Phi) is 11.7. The summed E-state index contributed by atoms with van der Waals surface area (Å²) < 4.78 is 5.65. The molecule has 2 aliphatic rings. The topological polar surface area (TPSA) is 32.8 Å². The van der Waals surface area contributed by atoms with Gasteiger partial charge in [0.15, 0.2) is 0 Å². The first-order chi connectivity index (χ1) is 15.2. The molecule has 1 heterocycles. The molecule has 4 rings (SSSR count). The number of hydrogen-bond acceptors (Lipinski definition) is 4. The molecule has 0 N–H and O–H groups in total. The Balaban J connectivity index is 0.00000193. The summed E-state index contributed by atoms with van der Waals surface area (Å²) in [6, 6.07) is 19.9. The molecule has 0 aromatic heterocycles. The summed E-state index contributed by atoms with van der Waals surface area (Å²) in [5.41, 5.74) is 2.44. The van der Waals surface area contributed by atoms with Gasteiger partial charge in [0.25, 0.3) is 0 Å². The van der Waals surface area contributed by atoms with E-state index in [2.05, 4.69) is 46.2 Å². The normalized spacial score (nSPS) is 18.6. The van der Waals surface area contributed by atoms with Crippen LogP contribution < -0.4 is 4.74 Å². The Labute approximate surface area is 211 Å². The zero-order chi connectivity index (χ0) is 21.5.